The van der Waals surface area contributed by atoms with Crippen LogP contribution in [0.3, 0.4) is 0 Å². The predicted molar refractivity (Wildman–Crippen MR) is 76.2 cm³/mol. The van der Waals surface area contributed by atoms with E-state index in [4.69, 9.17) is 0 Å². The zero-order chi connectivity index (χ0) is 15.9. The lowest BCUT2D eigenvalue weighted by Gasteiger charge is -2.52. The third kappa shape index (κ3) is 2.16. The average Bonchev–Trinajstić information content (AvgIpc) is 2.38. The van der Waals surface area contributed by atoms with Crippen molar-refractivity contribution in [2.24, 2.45) is 5.41 Å². The number of halogens is 1. The third-order valence-corrected chi connectivity index (χ3v) is 7.25. The maximum Gasteiger partial charge on any atom is 0.325 e. The van der Waals surface area contributed by atoms with Crippen LogP contribution in [0, 0.1) is 11.2 Å². The second-order valence-electron chi connectivity index (χ2n) is 5.79. The molecule has 0 radical (unpaired) electrons. The summed E-state index contributed by atoms with van der Waals surface area (Å²) >= 11 is 0. The Bertz CT molecular complexity index is 654. The van der Waals surface area contributed by atoms with Gasteiger partial charge in [-0.2, -0.15) is 0 Å². The summed E-state index contributed by atoms with van der Waals surface area (Å²) in [6, 6.07) is 4.95. The zero-order valence-corrected chi connectivity index (χ0v) is 12.9. The number of hydrogen-bond acceptors (Lipinski definition) is 3. The van der Waals surface area contributed by atoms with E-state index < -0.39 is 31.3 Å². The highest BCUT2D eigenvalue weighted by Gasteiger charge is 2.65. The van der Waals surface area contributed by atoms with Gasteiger partial charge in [-0.1, -0.05) is 38.8 Å². The Balaban J connectivity index is 2.51. The predicted octanol–water partition coefficient (Wildman–Crippen LogP) is 3.02. The van der Waals surface area contributed by atoms with E-state index in [0.29, 0.717) is 12.8 Å². The van der Waals surface area contributed by atoms with Gasteiger partial charge in [0.15, 0.2) is 14.6 Å². The molecule has 1 saturated carbocycles. The standard InChI is InChI=1S/C15H19FO4S/c1-3-14(4-2)9-15(10-14,13(17)18)21(19,20)12-8-6-5-7-11(12)16/h5-8H,3-4,9-10H2,1-2H3,(H,17,18). The molecule has 4 nitrogen and oxygen atoms in total. The molecule has 1 aromatic rings. The van der Waals surface area contributed by atoms with Crippen molar-refractivity contribution < 1.29 is 22.7 Å². The summed E-state index contributed by atoms with van der Waals surface area (Å²) in [7, 11) is -4.26. The second kappa shape index (κ2) is 5.09. The van der Waals surface area contributed by atoms with Crippen LogP contribution in [0.25, 0.3) is 0 Å². The van der Waals surface area contributed by atoms with Crippen molar-refractivity contribution in [3.63, 3.8) is 0 Å². The first-order chi connectivity index (χ1) is 9.74. The maximum absolute atomic E-state index is 13.8. The Labute approximate surface area is 123 Å². The molecule has 0 unspecified atom stereocenters. The maximum atomic E-state index is 13.8. The van der Waals surface area contributed by atoms with Crippen LogP contribution in [0.15, 0.2) is 29.2 Å². The van der Waals surface area contributed by atoms with Crippen molar-refractivity contribution in [1.82, 2.24) is 0 Å². The highest BCUT2D eigenvalue weighted by atomic mass is 32.2. The minimum absolute atomic E-state index is 0.0407. The van der Waals surface area contributed by atoms with Gasteiger partial charge in [0.25, 0.3) is 0 Å². The van der Waals surface area contributed by atoms with Crippen LogP contribution in [0.2, 0.25) is 0 Å². The number of carbonyl (C=O) groups is 1. The van der Waals surface area contributed by atoms with Crippen molar-refractivity contribution in [3.05, 3.63) is 30.1 Å². The molecule has 116 valence electrons. The first kappa shape index (κ1) is 15.9. The fourth-order valence-corrected chi connectivity index (χ4v) is 5.46. The van der Waals surface area contributed by atoms with Gasteiger partial charge in [0, 0.05) is 0 Å². The largest absolute Gasteiger partial charge is 0.480 e. The monoisotopic (exact) mass is 314 g/mol. The average molecular weight is 314 g/mol. The fraction of sp³-hybridized carbons (Fsp3) is 0.533. The number of aliphatic carboxylic acids is 1. The minimum atomic E-state index is -4.26. The van der Waals surface area contributed by atoms with E-state index >= 15 is 0 Å². The molecule has 1 aliphatic carbocycles. The SMILES string of the molecule is CCC1(CC)CC(C(=O)O)(S(=O)(=O)c2ccccc2F)C1. The number of carboxylic acid groups (broad SMARTS) is 1. The first-order valence-electron chi connectivity index (χ1n) is 6.97. The zero-order valence-electron chi connectivity index (χ0n) is 12.1. The van der Waals surface area contributed by atoms with Gasteiger partial charge in [0.1, 0.15) is 10.7 Å². The molecule has 1 fully saturated rings. The van der Waals surface area contributed by atoms with Gasteiger partial charge in [-0.15, -0.1) is 0 Å². The molecule has 0 bridgehead atoms. The summed E-state index contributed by atoms with van der Waals surface area (Å²) in [5.41, 5.74) is -0.281. The van der Waals surface area contributed by atoms with Crippen molar-refractivity contribution in [2.75, 3.05) is 0 Å². The normalized spacial score (nSPS) is 19.8. The highest BCUT2D eigenvalue weighted by Crippen LogP contribution is 2.58. The molecule has 0 atom stereocenters. The van der Waals surface area contributed by atoms with Crippen LogP contribution in [-0.2, 0) is 14.6 Å². The van der Waals surface area contributed by atoms with Gasteiger partial charge < -0.3 is 5.11 Å². The van der Waals surface area contributed by atoms with Gasteiger partial charge in [0.2, 0.25) is 0 Å². The van der Waals surface area contributed by atoms with Gasteiger partial charge in [-0.25, -0.2) is 12.8 Å². The lowest BCUT2D eigenvalue weighted by molar-refractivity contribution is -0.147. The van der Waals surface area contributed by atoms with Gasteiger partial charge in [-0.3, -0.25) is 4.79 Å². The van der Waals surface area contributed by atoms with Crippen molar-refractivity contribution in [2.45, 2.75) is 49.2 Å². The topological polar surface area (TPSA) is 71.4 Å². The molecule has 1 aliphatic rings. The number of carboxylic acids is 1. The summed E-state index contributed by atoms with van der Waals surface area (Å²) in [5, 5.41) is 9.49. The number of rotatable bonds is 5. The summed E-state index contributed by atoms with van der Waals surface area (Å²) in [6.45, 7) is 3.84. The quantitative estimate of drug-likeness (QED) is 0.907. The lowest BCUT2D eigenvalue weighted by atomic mass is 9.58. The fourth-order valence-electron chi connectivity index (χ4n) is 3.24. The Kier molecular flexibility index (Phi) is 3.86. The summed E-state index contributed by atoms with van der Waals surface area (Å²) < 4.78 is 37.3. The molecule has 6 heteroatoms. The molecule has 21 heavy (non-hydrogen) atoms. The Morgan fingerprint density at radius 1 is 1.24 bits per heavy atom. The van der Waals surface area contributed by atoms with E-state index in [1.54, 1.807) is 0 Å². The van der Waals surface area contributed by atoms with E-state index in [0.717, 1.165) is 12.1 Å². The van der Waals surface area contributed by atoms with E-state index in [-0.39, 0.29) is 18.3 Å². The first-order valence-corrected chi connectivity index (χ1v) is 8.45. The van der Waals surface area contributed by atoms with Crippen molar-refractivity contribution in [3.8, 4) is 0 Å². The number of sulfone groups is 1. The molecule has 1 N–H and O–H groups in total. The van der Waals surface area contributed by atoms with Crippen LogP contribution in [0.4, 0.5) is 4.39 Å². The number of hydrogen-bond donors (Lipinski definition) is 1. The lowest BCUT2D eigenvalue weighted by Crippen LogP contribution is -2.61. The molecule has 0 heterocycles. The van der Waals surface area contributed by atoms with E-state index in [9.17, 15) is 22.7 Å². The molecular weight excluding hydrogens is 295 g/mol. The molecule has 0 spiro atoms. The molecule has 0 saturated heterocycles. The Hall–Kier alpha value is -1.43. The molecular formula is C15H19FO4S. The van der Waals surface area contributed by atoms with Crippen molar-refractivity contribution in [1.29, 1.82) is 0 Å². The van der Waals surface area contributed by atoms with E-state index in [1.165, 1.54) is 12.1 Å². The summed E-state index contributed by atoms with van der Waals surface area (Å²) in [5.74, 6) is -2.29. The van der Waals surface area contributed by atoms with Crippen LogP contribution >= 0.6 is 0 Å². The van der Waals surface area contributed by atoms with E-state index in [2.05, 4.69) is 0 Å². The Morgan fingerprint density at radius 3 is 2.19 bits per heavy atom. The van der Waals surface area contributed by atoms with Crippen LogP contribution in [-0.4, -0.2) is 24.2 Å². The molecule has 0 amide bonds. The van der Waals surface area contributed by atoms with Crippen LogP contribution in [0.1, 0.15) is 39.5 Å². The van der Waals surface area contributed by atoms with Crippen LogP contribution < -0.4 is 0 Å². The third-order valence-electron chi connectivity index (χ3n) is 4.85. The van der Waals surface area contributed by atoms with Gasteiger partial charge in [0.05, 0.1) is 0 Å². The van der Waals surface area contributed by atoms with Gasteiger partial charge >= 0.3 is 5.97 Å². The highest BCUT2D eigenvalue weighted by molar-refractivity contribution is 7.93. The summed E-state index contributed by atoms with van der Waals surface area (Å²) in [6.07, 6.45) is 1.51. The number of benzene rings is 1. The van der Waals surface area contributed by atoms with Crippen molar-refractivity contribution >= 4 is 15.8 Å². The second-order valence-corrected chi connectivity index (χ2v) is 8.02. The summed E-state index contributed by atoms with van der Waals surface area (Å²) in [4.78, 5) is 11.1. The molecule has 0 aliphatic heterocycles. The minimum Gasteiger partial charge on any atom is -0.480 e. The van der Waals surface area contributed by atoms with Crippen LogP contribution in [0.5, 0.6) is 0 Å². The van der Waals surface area contributed by atoms with Gasteiger partial charge in [-0.05, 0) is 30.4 Å². The molecule has 2 rings (SSSR count). The molecule has 1 aromatic carbocycles. The van der Waals surface area contributed by atoms with E-state index in [1.807, 2.05) is 13.8 Å². The smallest absolute Gasteiger partial charge is 0.325 e. The molecule has 0 aromatic heterocycles. The Morgan fingerprint density at radius 2 is 1.76 bits per heavy atom.